The molecule has 1 rings (SSSR count). The summed E-state index contributed by atoms with van der Waals surface area (Å²) in [6.45, 7) is 4.09. The van der Waals surface area contributed by atoms with Crippen LogP contribution in [0.15, 0.2) is 23.8 Å². The Kier molecular flexibility index (Phi) is 5.30. The van der Waals surface area contributed by atoms with Gasteiger partial charge in [-0.1, -0.05) is 43.1 Å². The molecule has 3 heteroatoms. The number of allylic oxidation sites excluding steroid dienone is 1. The predicted octanol–water partition coefficient (Wildman–Crippen LogP) is 4.87. The van der Waals surface area contributed by atoms with Crippen LogP contribution in [0.1, 0.15) is 30.9 Å². The third-order valence-corrected chi connectivity index (χ3v) is 4.19. The highest BCUT2D eigenvalue weighted by molar-refractivity contribution is 14.1. The molecule has 0 aliphatic carbocycles. The Bertz CT molecular complexity index is 457. The number of halogens is 2. The number of benzene rings is 1. The van der Waals surface area contributed by atoms with Gasteiger partial charge in [0.05, 0.1) is 11.1 Å². The highest BCUT2D eigenvalue weighted by atomic mass is 127. The molecule has 0 aliphatic heterocycles. The highest BCUT2D eigenvalue weighted by Crippen LogP contribution is 2.30. The van der Waals surface area contributed by atoms with Crippen molar-refractivity contribution in [2.45, 2.75) is 26.7 Å². The molecule has 1 nitrogen and oxygen atoms in total. The molecule has 0 aliphatic rings. The normalized spacial score (nSPS) is 11.9. The smallest absolute Gasteiger partial charge is 0.0962 e. The minimum atomic E-state index is 0.595. The van der Waals surface area contributed by atoms with Crippen molar-refractivity contribution in [3.8, 4) is 6.07 Å². The number of nitriles is 1. The minimum absolute atomic E-state index is 0.595. The van der Waals surface area contributed by atoms with E-state index in [0.717, 1.165) is 22.0 Å². The van der Waals surface area contributed by atoms with Gasteiger partial charge >= 0.3 is 0 Å². The molecule has 0 bridgehead atoms. The van der Waals surface area contributed by atoms with Gasteiger partial charge in [-0.3, -0.25) is 0 Å². The summed E-state index contributed by atoms with van der Waals surface area (Å²) < 4.78 is 1.12. The van der Waals surface area contributed by atoms with Gasteiger partial charge in [-0.25, -0.2) is 0 Å². The van der Waals surface area contributed by atoms with Crippen LogP contribution in [0.3, 0.4) is 0 Å². The molecule has 0 amide bonds. The number of nitrogens with zero attached hydrogens (tertiary/aromatic N) is 1. The van der Waals surface area contributed by atoms with Crippen LogP contribution in [-0.4, -0.2) is 0 Å². The van der Waals surface area contributed by atoms with Crippen molar-refractivity contribution in [1.29, 1.82) is 5.26 Å². The van der Waals surface area contributed by atoms with Gasteiger partial charge in [-0.05, 0) is 41.5 Å². The van der Waals surface area contributed by atoms with Gasteiger partial charge in [0.1, 0.15) is 0 Å². The molecule has 0 radical (unpaired) electrons. The molecule has 16 heavy (non-hydrogen) atoms. The molecule has 0 unspecified atom stereocenters. The number of hydrogen-bond acceptors (Lipinski definition) is 1. The first-order valence-electron chi connectivity index (χ1n) is 5.16. The van der Waals surface area contributed by atoms with Crippen LogP contribution < -0.4 is 0 Å². The number of hydrogen-bond donors (Lipinski definition) is 0. The molecule has 0 N–H and O–H groups in total. The number of aryl methyl sites for hydroxylation is 1. The lowest BCUT2D eigenvalue weighted by Crippen LogP contribution is -1.91. The first-order valence-corrected chi connectivity index (χ1v) is 6.61. The van der Waals surface area contributed by atoms with Gasteiger partial charge in [0.15, 0.2) is 0 Å². The van der Waals surface area contributed by atoms with Gasteiger partial charge in [0.25, 0.3) is 0 Å². The summed E-state index contributed by atoms with van der Waals surface area (Å²) in [6, 6.07) is 8.17. The van der Waals surface area contributed by atoms with Gasteiger partial charge in [0, 0.05) is 14.7 Å². The van der Waals surface area contributed by atoms with Crippen molar-refractivity contribution < 1.29 is 0 Å². The van der Waals surface area contributed by atoms with Crippen LogP contribution in [0.5, 0.6) is 0 Å². The maximum absolute atomic E-state index is 9.05. The predicted molar refractivity (Wildman–Crippen MR) is 77.2 cm³/mol. The van der Waals surface area contributed by atoms with E-state index in [9.17, 15) is 0 Å². The van der Waals surface area contributed by atoms with E-state index >= 15 is 0 Å². The number of rotatable bonds is 3. The largest absolute Gasteiger partial charge is 0.193 e. The Labute approximate surface area is 115 Å². The fourth-order valence-corrected chi connectivity index (χ4v) is 2.53. The molecule has 0 spiro atoms. The second-order valence-electron chi connectivity index (χ2n) is 3.59. The van der Waals surface area contributed by atoms with Gasteiger partial charge < -0.3 is 0 Å². The first-order chi connectivity index (χ1) is 7.61. The summed E-state index contributed by atoms with van der Waals surface area (Å²) in [7, 11) is 0. The van der Waals surface area contributed by atoms with E-state index in [0.29, 0.717) is 10.6 Å². The van der Waals surface area contributed by atoms with Crippen LogP contribution in [-0.2, 0) is 0 Å². The topological polar surface area (TPSA) is 23.8 Å². The molecule has 0 atom stereocenters. The zero-order valence-electron chi connectivity index (χ0n) is 9.35. The summed E-state index contributed by atoms with van der Waals surface area (Å²) in [5, 5.41) is 9.65. The molecule has 0 saturated heterocycles. The second-order valence-corrected chi connectivity index (χ2v) is 5.05. The van der Waals surface area contributed by atoms with E-state index in [1.165, 1.54) is 5.56 Å². The Balaban J connectivity index is 3.28. The van der Waals surface area contributed by atoms with Crippen LogP contribution in [0.4, 0.5) is 0 Å². The van der Waals surface area contributed by atoms with Crippen molar-refractivity contribution in [2.75, 3.05) is 0 Å². The summed E-state index contributed by atoms with van der Waals surface area (Å²) in [5.41, 5.74) is 2.82. The van der Waals surface area contributed by atoms with Gasteiger partial charge in [-0.2, -0.15) is 5.26 Å². The zero-order chi connectivity index (χ0) is 12.1. The molecular weight excluding hydrogens is 333 g/mol. The highest BCUT2D eigenvalue weighted by Gasteiger charge is 2.10. The van der Waals surface area contributed by atoms with Crippen LogP contribution in [0, 0.1) is 21.8 Å². The Morgan fingerprint density at radius 2 is 2.19 bits per heavy atom. The summed E-state index contributed by atoms with van der Waals surface area (Å²) >= 11 is 8.55. The molecule has 84 valence electrons. The Morgan fingerprint density at radius 1 is 1.50 bits per heavy atom. The first kappa shape index (κ1) is 13.5. The van der Waals surface area contributed by atoms with Gasteiger partial charge in [-0.15, -0.1) is 0 Å². The van der Waals surface area contributed by atoms with Gasteiger partial charge in [0.2, 0.25) is 0 Å². The average Bonchev–Trinajstić information content (AvgIpc) is 2.29. The zero-order valence-corrected chi connectivity index (χ0v) is 12.3. The average molecular weight is 346 g/mol. The minimum Gasteiger partial charge on any atom is -0.193 e. The molecule has 0 aromatic heterocycles. The molecule has 0 heterocycles. The van der Waals surface area contributed by atoms with Crippen molar-refractivity contribution in [3.63, 3.8) is 0 Å². The lowest BCUT2D eigenvalue weighted by molar-refractivity contribution is 0.933. The summed E-state index contributed by atoms with van der Waals surface area (Å²) in [5.74, 6) is 0. The fourth-order valence-electron chi connectivity index (χ4n) is 1.44. The second kappa shape index (κ2) is 6.27. The Hall–Kier alpha value is -0.530. The van der Waals surface area contributed by atoms with Crippen molar-refractivity contribution in [2.24, 2.45) is 0 Å². The van der Waals surface area contributed by atoms with Crippen molar-refractivity contribution in [1.82, 2.24) is 0 Å². The third-order valence-electron chi connectivity index (χ3n) is 2.33. The summed E-state index contributed by atoms with van der Waals surface area (Å²) in [6.07, 6.45) is 1.67. The standard InChI is InChI=1S/C13H13ClIN/c1-3-5-10(8-16)12(14)11-7-4-6-9(2)13(11)15/h4,6-7H,3,5H2,1-2H3/b12-10-. The van der Waals surface area contributed by atoms with Crippen LogP contribution >= 0.6 is 34.2 Å². The summed E-state index contributed by atoms with van der Waals surface area (Å²) in [4.78, 5) is 0. The van der Waals surface area contributed by atoms with Crippen molar-refractivity contribution in [3.05, 3.63) is 38.5 Å². The fraction of sp³-hybridized carbons (Fsp3) is 0.308. The van der Waals surface area contributed by atoms with E-state index in [-0.39, 0.29) is 0 Å². The van der Waals surface area contributed by atoms with Crippen molar-refractivity contribution >= 4 is 39.2 Å². The van der Waals surface area contributed by atoms with E-state index in [4.69, 9.17) is 16.9 Å². The monoisotopic (exact) mass is 345 g/mol. The maximum atomic E-state index is 9.05. The molecule has 0 fully saturated rings. The molecule has 1 aromatic rings. The lowest BCUT2D eigenvalue weighted by Gasteiger charge is -2.07. The van der Waals surface area contributed by atoms with E-state index in [1.54, 1.807) is 0 Å². The molecule has 1 aromatic carbocycles. The Morgan fingerprint density at radius 3 is 2.75 bits per heavy atom. The third kappa shape index (κ3) is 2.99. The maximum Gasteiger partial charge on any atom is 0.0962 e. The van der Waals surface area contributed by atoms with Crippen LogP contribution in [0.25, 0.3) is 5.03 Å². The molecule has 0 saturated carbocycles. The van der Waals surface area contributed by atoms with Crippen LogP contribution in [0.2, 0.25) is 0 Å². The lowest BCUT2D eigenvalue weighted by atomic mass is 10.1. The SMILES string of the molecule is CCC/C(C#N)=C(/Cl)c1cccc(C)c1I. The quantitative estimate of drug-likeness (QED) is 0.566. The van der Waals surface area contributed by atoms with E-state index in [1.807, 2.05) is 32.0 Å². The molecular formula is C13H13ClIN. The van der Waals surface area contributed by atoms with E-state index < -0.39 is 0 Å². The van der Waals surface area contributed by atoms with E-state index in [2.05, 4.69) is 28.7 Å².